The van der Waals surface area contributed by atoms with Crippen LogP contribution in [0, 0.1) is 11.3 Å². The van der Waals surface area contributed by atoms with Gasteiger partial charge in [-0.15, -0.1) is 0 Å². The lowest BCUT2D eigenvalue weighted by molar-refractivity contribution is -0.242. The number of nitriles is 1. The molecular formula is C16H18N2O4. The molecule has 0 radical (unpaired) electrons. The van der Waals surface area contributed by atoms with Gasteiger partial charge in [0.05, 0.1) is 29.9 Å². The lowest BCUT2D eigenvalue weighted by atomic mass is 10.0. The van der Waals surface area contributed by atoms with Crippen molar-refractivity contribution in [2.24, 2.45) is 5.16 Å². The van der Waals surface area contributed by atoms with Crippen molar-refractivity contribution in [3.8, 4) is 6.07 Å². The Kier molecular flexibility index (Phi) is 4.78. The smallest absolute Gasteiger partial charge is 0.306 e. The second-order valence-electron chi connectivity index (χ2n) is 5.36. The zero-order valence-corrected chi connectivity index (χ0v) is 12.8. The van der Waals surface area contributed by atoms with Crippen molar-refractivity contribution in [2.75, 3.05) is 6.61 Å². The number of hydrogen-bond acceptors (Lipinski definition) is 6. The highest BCUT2D eigenvalue weighted by molar-refractivity contribution is 6.01. The summed E-state index contributed by atoms with van der Waals surface area (Å²) in [5.74, 6) is -1.71. The SMILES string of the molecule is CC(=O)OC1(COC(C)C)CC(c2cccc(C#N)c2)=NO1. The number of hydrogen-bond donors (Lipinski definition) is 0. The van der Waals surface area contributed by atoms with Gasteiger partial charge in [0.25, 0.3) is 0 Å². The minimum absolute atomic E-state index is 0.0259. The zero-order chi connectivity index (χ0) is 16.2. The van der Waals surface area contributed by atoms with Gasteiger partial charge in [-0.1, -0.05) is 17.3 Å². The fraction of sp³-hybridized carbons (Fsp3) is 0.438. The van der Waals surface area contributed by atoms with Crippen molar-refractivity contribution in [1.29, 1.82) is 5.26 Å². The van der Waals surface area contributed by atoms with Gasteiger partial charge in [-0.2, -0.15) is 5.26 Å². The van der Waals surface area contributed by atoms with Crippen molar-refractivity contribution < 1.29 is 19.1 Å². The second kappa shape index (κ2) is 6.58. The monoisotopic (exact) mass is 302 g/mol. The molecule has 0 saturated heterocycles. The van der Waals surface area contributed by atoms with Crippen molar-refractivity contribution in [1.82, 2.24) is 0 Å². The van der Waals surface area contributed by atoms with Gasteiger partial charge in [0, 0.05) is 12.5 Å². The number of carbonyl (C=O) groups excluding carboxylic acids is 1. The van der Waals surface area contributed by atoms with E-state index in [0.717, 1.165) is 5.56 Å². The van der Waals surface area contributed by atoms with Crippen LogP contribution in [0.4, 0.5) is 0 Å². The van der Waals surface area contributed by atoms with Gasteiger partial charge in [0.15, 0.2) is 0 Å². The summed E-state index contributed by atoms with van der Waals surface area (Å²) in [6.45, 7) is 5.17. The standard InChI is InChI=1S/C16H18N2O4/c1-11(2)20-10-16(21-12(3)19)8-15(18-22-16)14-6-4-5-13(7-14)9-17/h4-7,11H,8,10H2,1-3H3. The molecule has 1 aliphatic heterocycles. The highest BCUT2D eigenvalue weighted by Gasteiger charge is 2.43. The van der Waals surface area contributed by atoms with Gasteiger partial charge in [0.1, 0.15) is 6.61 Å². The normalized spacial score (nSPS) is 20.2. The van der Waals surface area contributed by atoms with E-state index in [9.17, 15) is 4.79 Å². The Balaban J connectivity index is 2.17. The van der Waals surface area contributed by atoms with Gasteiger partial charge < -0.3 is 14.3 Å². The highest BCUT2D eigenvalue weighted by atomic mass is 16.8. The highest BCUT2D eigenvalue weighted by Crippen LogP contribution is 2.29. The molecule has 1 aromatic carbocycles. The van der Waals surface area contributed by atoms with Crippen LogP contribution >= 0.6 is 0 Å². The molecular weight excluding hydrogens is 284 g/mol. The summed E-state index contributed by atoms with van der Waals surface area (Å²) in [4.78, 5) is 16.7. The predicted molar refractivity (Wildman–Crippen MR) is 79.0 cm³/mol. The van der Waals surface area contributed by atoms with Crippen LogP contribution in [0.1, 0.15) is 38.3 Å². The molecule has 6 nitrogen and oxygen atoms in total. The van der Waals surface area contributed by atoms with Gasteiger partial charge in [-0.3, -0.25) is 4.79 Å². The molecule has 6 heteroatoms. The molecule has 116 valence electrons. The summed E-state index contributed by atoms with van der Waals surface area (Å²) in [6.07, 6.45) is 0.246. The molecule has 1 atom stereocenters. The van der Waals surface area contributed by atoms with Gasteiger partial charge >= 0.3 is 11.8 Å². The third-order valence-corrected chi connectivity index (χ3v) is 3.05. The van der Waals surface area contributed by atoms with Gasteiger partial charge in [0.2, 0.25) is 0 Å². The van der Waals surface area contributed by atoms with Crippen LogP contribution in [0.3, 0.4) is 0 Å². The molecule has 0 aliphatic carbocycles. The molecule has 1 heterocycles. The van der Waals surface area contributed by atoms with Gasteiger partial charge in [-0.25, -0.2) is 0 Å². The molecule has 0 fully saturated rings. The molecule has 0 amide bonds. The average Bonchev–Trinajstić information content (AvgIpc) is 2.89. The molecule has 1 unspecified atom stereocenters. The number of ether oxygens (including phenoxy) is 2. The summed E-state index contributed by atoms with van der Waals surface area (Å²) in [5, 5.41) is 13.0. The van der Waals surface area contributed by atoms with Crippen LogP contribution in [0.15, 0.2) is 29.4 Å². The maximum atomic E-state index is 11.3. The second-order valence-corrected chi connectivity index (χ2v) is 5.36. The number of benzene rings is 1. The Labute approximate surface area is 129 Å². The van der Waals surface area contributed by atoms with Crippen LogP contribution in [0.5, 0.6) is 0 Å². The van der Waals surface area contributed by atoms with E-state index in [1.165, 1.54) is 6.92 Å². The summed E-state index contributed by atoms with van der Waals surface area (Å²) in [6, 6.07) is 9.11. The maximum absolute atomic E-state index is 11.3. The molecule has 0 aromatic heterocycles. The minimum atomic E-state index is -1.24. The summed E-state index contributed by atoms with van der Waals surface area (Å²) in [5.41, 5.74) is 1.91. The average molecular weight is 302 g/mol. The van der Waals surface area contributed by atoms with Crippen LogP contribution in [-0.4, -0.2) is 30.2 Å². The number of oxime groups is 1. The maximum Gasteiger partial charge on any atom is 0.306 e. The Hall–Kier alpha value is -2.39. The number of carbonyl (C=O) groups is 1. The Morgan fingerprint density at radius 1 is 1.55 bits per heavy atom. The zero-order valence-electron chi connectivity index (χ0n) is 12.8. The Bertz CT molecular complexity index is 633. The van der Waals surface area contributed by atoms with Crippen molar-refractivity contribution in [3.05, 3.63) is 35.4 Å². The first-order valence-electron chi connectivity index (χ1n) is 7.01. The molecule has 2 rings (SSSR count). The first-order valence-corrected chi connectivity index (χ1v) is 7.01. The molecule has 0 bridgehead atoms. The van der Waals surface area contributed by atoms with E-state index in [1.54, 1.807) is 18.2 Å². The van der Waals surface area contributed by atoms with Crippen LogP contribution in [-0.2, 0) is 19.1 Å². The fourth-order valence-corrected chi connectivity index (χ4v) is 2.10. The van der Waals surface area contributed by atoms with E-state index in [0.29, 0.717) is 11.3 Å². The third-order valence-electron chi connectivity index (χ3n) is 3.05. The molecule has 0 saturated carbocycles. The van der Waals surface area contributed by atoms with E-state index in [2.05, 4.69) is 11.2 Å². The van der Waals surface area contributed by atoms with E-state index in [1.807, 2.05) is 19.9 Å². The number of rotatable bonds is 5. The lowest BCUT2D eigenvalue weighted by Gasteiger charge is -2.26. The van der Waals surface area contributed by atoms with E-state index in [-0.39, 0.29) is 19.1 Å². The number of nitrogens with zero attached hydrogens (tertiary/aromatic N) is 2. The molecule has 0 spiro atoms. The van der Waals surface area contributed by atoms with Gasteiger partial charge in [-0.05, 0) is 26.0 Å². The predicted octanol–water partition coefficient (Wildman–Crippen LogP) is 2.37. The quantitative estimate of drug-likeness (QED) is 0.780. The fourth-order valence-electron chi connectivity index (χ4n) is 2.10. The molecule has 1 aliphatic rings. The van der Waals surface area contributed by atoms with Crippen LogP contribution in [0.2, 0.25) is 0 Å². The Morgan fingerprint density at radius 3 is 2.95 bits per heavy atom. The van der Waals surface area contributed by atoms with E-state index < -0.39 is 11.8 Å². The first-order chi connectivity index (χ1) is 10.4. The molecule has 22 heavy (non-hydrogen) atoms. The largest absolute Gasteiger partial charge is 0.418 e. The third kappa shape index (κ3) is 3.83. The summed E-state index contributed by atoms with van der Waals surface area (Å²) in [7, 11) is 0. The number of esters is 1. The molecule has 0 N–H and O–H groups in total. The molecule has 1 aromatic rings. The van der Waals surface area contributed by atoms with E-state index >= 15 is 0 Å². The lowest BCUT2D eigenvalue weighted by Crippen LogP contribution is -2.40. The topological polar surface area (TPSA) is 80.9 Å². The van der Waals surface area contributed by atoms with Crippen molar-refractivity contribution in [3.63, 3.8) is 0 Å². The minimum Gasteiger partial charge on any atom is -0.418 e. The van der Waals surface area contributed by atoms with Crippen molar-refractivity contribution in [2.45, 2.75) is 39.1 Å². The van der Waals surface area contributed by atoms with Crippen molar-refractivity contribution >= 4 is 11.7 Å². The summed E-state index contributed by atoms with van der Waals surface area (Å²) >= 11 is 0. The summed E-state index contributed by atoms with van der Waals surface area (Å²) < 4.78 is 10.8. The van der Waals surface area contributed by atoms with E-state index in [4.69, 9.17) is 19.6 Å². The Morgan fingerprint density at radius 2 is 2.32 bits per heavy atom. The van der Waals surface area contributed by atoms with Crippen LogP contribution < -0.4 is 0 Å². The first kappa shape index (κ1) is 16.0. The van der Waals surface area contributed by atoms with Crippen LogP contribution in [0.25, 0.3) is 0 Å².